The van der Waals surface area contributed by atoms with Crippen LogP contribution in [0.5, 0.6) is 0 Å². The molecule has 324 valence electrons. The zero-order valence-corrected chi connectivity index (χ0v) is 38.3. The molecule has 0 amide bonds. The van der Waals surface area contributed by atoms with Crippen LogP contribution < -0.4 is 9.80 Å². The number of nitrogens with zero attached hydrogens (tertiary/aromatic N) is 2. The van der Waals surface area contributed by atoms with Gasteiger partial charge in [0.25, 0.3) is 0 Å². The van der Waals surface area contributed by atoms with E-state index in [2.05, 4.69) is 291 Å². The summed E-state index contributed by atoms with van der Waals surface area (Å²) in [5, 5.41) is 2.50. The molecule has 0 atom stereocenters. The van der Waals surface area contributed by atoms with Crippen LogP contribution in [-0.2, 0) is 0 Å². The molecule has 0 aliphatic rings. The van der Waals surface area contributed by atoms with Gasteiger partial charge in [-0.15, -0.1) is 0 Å². The molecule has 0 saturated heterocycles. The van der Waals surface area contributed by atoms with Gasteiger partial charge in [-0.2, -0.15) is 0 Å². The van der Waals surface area contributed by atoms with Crippen molar-refractivity contribution in [2.24, 2.45) is 0 Å². The Kier molecular flexibility index (Phi) is 11.5. The van der Waals surface area contributed by atoms with E-state index >= 15 is 0 Å². The summed E-state index contributed by atoms with van der Waals surface area (Å²) in [5.74, 6) is 0. The zero-order valence-electron chi connectivity index (χ0n) is 38.3. The van der Waals surface area contributed by atoms with Crippen LogP contribution in [0.2, 0.25) is 0 Å². The summed E-state index contributed by atoms with van der Waals surface area (Å²) in [6.07, 6.45) is 0. The van der Waals surface area contributed by atoms with Gasteiger partial charge in [0, 0.05) is 34.1 Å². The molecule has 2 heteroatoms. The Morgan fingerprint density at radius 2 is 0.515 bits per heavy atom. The molecular formula is C66H50N2. The van der Waals surface area contributed by atoms with Crippen LogP contribution in [0.15, 0.2) is 267 Å². The van der Waals surface area contributed by atoms with Crippen molar-refractivity contribution in [2.45, 2.75) is 13.8 Å². The second-order valence-electron chi connectivity index (χ2n) is 17.6. The summed E-state index contributed by atoms with van der Waals surface area (Å²) < 4.78 is 0. The van der Waals surface area contributed by atoms with Crippen LogP contribution in [0.4, 0.5) is 34.1 Å². The maximum Gasteiger partial charge on any atom is 0.0462 e. The van der Waals surface area contributed by atoms with E-state index in [4.69, 9.17) is 0 Å². The molecular weight excluding hydrogens is 821 g/mol. The maximum atomic E-state index is 2.35. The highest BCUT2D eigenvalue weighted by molar-refractivity contribution is 5.97. The lowest BCUT2D eigenvalue weighted by Crippen LogP contribution is -2.10. The number of benzene rings is 11. The second kappa shape index (κ2) is 18.6. The molecule has 11 aromatic carbocycles. The SMILES string of the molecule is Cc1cc(C)cc(-c2ccc(N(c3ccc(-c4ccccc4)cc3)c3ccc(-c4ccc(N(c5ccc(-c6ccccc6)cc5)c5ccc(-c6cccc7ccccc67)cc5)cc4)cc3)cc2)c1. The molecule has 2 nitrogen and oxygen atoms in total. The molecule has 0 aromatic heterocycles. The van der Waals surface area contributed by atoms with E-state index in [1.165, 1.54) is 66.4 Å². The minimum atomic E-state index is 1.09. The predicted octanol–water partition coefficient (Wildman–Crippen LogP) is 18.7. The topological polar surface area (TPSA) is 6.48 Å². The first kappa shape index (κ1) is 41.9. The van der Waals surface area contributed by atoms with E-state index in [0.717, 1.165) is 45.3 Å². The van der Waals surface area contributed by atoms with Crippen LogP contribution in [0.1, 0.15) is 11.1 Å². The Balaban J connectivity index is 0.913. The second-order valence-corrected chi connectivity index (χ2v) is 17.6. The third-order valence-electron chi connectivity index (χ3n) is 13.0. The fourth-order valence-corrected chi connectivity index (χ4v) is 9.58. The van der Waals surface area contributed by atoms with E-state index in [-0.39, 0.29) is 0 Å². The minimum Gasteiger partial charge on any atom is -0.311 e. The van der Waals surface area contributed by atoms with E-state index < -0.39 is 0 Å². The van der Waals surface area contributed by atoms with Gasteiger partial charge in [0.15, 0.2) is 0 Å². The van der Waals surface area contributed by atoms with E-state index in [9.17, 15) is 0 Å². The lowest BCUT2D eigenvalue weighted by Gasteiger charge is -2.27. The Hall–Kier alpha value is -8.72. The first-order chi connectivity index (χ1) is 33.5. The summed E-state index contributed by atoms with van der Waals surface area (Å²) in [4.78, 5) is 4.69. The largest absolute Gasteiger partial charge is 0.311 e. The van der Waals surface area contributed by atoms with Crippen LogP contribution in [0.25, 0.3) is 66.4 Å². The number of fused-ring (bicyclic) bond motifs is 1. The summed E-state index contributed by atoms with van der Waals surface area (Å²) in [6.45, 7) is 4.33. The van der Waals surface area contributed by atoms with Crippen molar-refractivity contribution in [3.05, 3.63) is 278 Å². The fraction of sp³-hybridized carbons (Fsp3) is 0.0303. The molecule has 0 unspecified atom stereocenters. The van der Waals surface area contributed by atoms with Gasteiger partial charge in [-0.3, -0.25) is 0 Å². The standard InChI is InChI=1S/C66H50N2/c1-47-44-48(2)46-58(45-47)55-28-40-63(41-29-55)67(59-32-20-51(21-33-59)49-12-5-3-6-13-49)61-36-24-53(25-37-61)54-26-38-62(39-27-54)68(60-34-22-52(23-35-60)50-14-7-4-8-15-50)64-42-30-57(31-43-64)66-19-11-17-56-16-9-10-18-65(56)66/h3-46H,1-2H3. The molecule has 0 aliphatic heterocycles. The van der Waals surface area contributed by atoms with Crippen molar-refractivity contribution in [1.29, 1.82) is 0 Å². The third kappa shape index (κ3) is 8.72. The molecule has 11 aromatic rings. The number of rotatable bonds is 11. The van der Waals surface area contributed by atoms with Crippen LogP contribution in [0.3, 0.4) is 0 Å². The van der Waals surface area contributed by atoms with Crippen molar-refractivity contribution in [3.63, 3.8) is 0 Å². The Labute approximate surface area is 400 Å². The predicted molar refractivity (Wildman–Crippen MR) is 290 cm³/mol. The van der Waals surface area contributed by atoms with Gasteiger partial charge in [0.2, 0.25) is 0 Å². The zero-order chi connectivity index (χ0) is 45.8. The average Bonchev–Trinajstić information content (AvgIpc) is 3.40. The lowest BCUT2D eigenvalue weighted by atomic mass is 9.98. The number of anilines is 6. The fourth-order valence-electron chi connectivity index (χ4n) is 9.58. The highest BCUT2D eigenvalue weighted by Crippen LogP contribution is 2.41. The third-order valence-corrected chi connectivity index (χ3v) is 13.0. The Morgan fingerprint density at radius 3 is 0.897 bits per heavy atom. The van der Waals surface area contributed by atoms with E-state index in [0.29, 0.717) is 0 Å². The molecule has 11 rings (SSSR count). The van der Waals surface area contributed by atoms with E-state index in [1.54, 1.807) is 0 Å². The molecule has 0 spiro atoms. The van der Waals surface area contributed by atoms with Crippen molar-refractivity contribution in [2.75, 3.05) is 9.80 Å². The van der Waals surface area contributed by atoms with Crippen LogP contribution in [-0.4, -0.2) is 0 Å². The van der Waals surface area contributed by atoms with Gasteiger partial charge >= 0.3 is 0 Å². The Bertz CT molecular complexity index is 3430. The molecule has 0 saturated carbocycles. The smallest absolute Gasteiger partial charge is 0.0462 e. The Morgan fingerprint density at radius 1 is 0.221 bits per heavy atom. The summed E-state index contributed by atoms with van der Waals surface area (Å²) in [6, 6.07) is 96.7. The van der Waals surface area contributed by atoms with Gasteiger partial charge in [0.1, 0.15) is 0 Å². The van der Waals surface area contributed by atoms with Crippen LogP contribution >= 0.6 is 0 Å². The minimum absolute atomic E-state index is 1.09. The highest BCUT2D eigenvalue weighted by atomic mass is 15.1. The van der Waals surface area contributed by atoms with Gasteiger partial charge in [0.05, 0.1) is 0 Å². The molecule has 0 heterocycles. The van der Waals surface area contributed by atoms with Crippen molar-refractivity contribution >= 4 is 44.9 Å². The monoisotopic (exact) mass is 870 g/mol. The molecule has 0 fully saturated rings. The normalized spacial score (nSPS) is 11.1. The maximum absolute atomic E-state index is 2.35. The van der Waals surface area contributed by atoms with Gasteiger partial charge in [-0.05, 0) is 153 Å². The van der Waals surface area contributed by atoms with Crippen LogP contribution in [0, 0.1) is 13.8 Å². The summed E-state index contributed by atoms with van der Waals surface area (Å²) in [7, 11) is 0. The van der Waals surface area contributed by atoms with Crippen molar-refractivity contribution in [1.82, 2.24) is 0 Å². The molecule has 68 heavy (non-hydrogen) atoms. The molecule has 0 N–H and O–H groups in total. The van der Waals surface area contributed by atoms with Gasteiger partial charge < -0.3 is 9.80 Å². The number of hydrogen-bond donors (Lipinski definition) is 0. The molecule has 0 aliphatic carbocycles. The quantitative estimate of drug-likeness (QED) is 0.128. The molecule has 0 bridgehead atoms. The number of hydrogen-bond acceptors (Lipinski definition) is 2. The summed E-state index contributed by atoms with van der Waals surface area (Å²) >= 11 is 0. The summed E-state index contributed by atoms with van der Waals surface area (Å²) in [5.41, 5.74) is 21.1. The van der Waals surface area contributed by atoms with Crippen molar-refractivity contribution < 1.29 is 0 Å². The average molecular weight is 871 g/mol. The van der Waals surface area contributed by atoms with Crippen molar-refractivity contribution in [3.8, 4) is 55.6 Å². The van der Waals surface area contributed by atoms with Gasteiger partial charge in [-0.1, -0.05) is 205 Å². The van der Waals surface area contributed by atoms with E-state index in [1.807, 2.05) is 0 Å². The first-order valence-electron chi connectivity index (χ1n) is 23.4. The highest BCUT2D eigenvalue weighted by Gasteiger charge is 2.17. The lowest BCUT2D eigenvalue weighted by molar-refractivity contribution is 1.28. The molecule has 0 radical (unpaired) electrons. The number of aryl methyl sites for hydroxylation is 2. The first-order valence-corrected chi connectivity index (χ1v) is 23.4. The van der Waals surface area contributed by atoms with Gasteiger partial charge in [-0.25, -0.2) is 0 Å².